The van der Waals surface area contributed by atoms with Gasteiger partial charge < -0.3 is 9.47 Å². The van der Waals surface area contributed by atoms with E-state index < -0.39 is 0 Å². The summed E-state index contributed by atoms with van der Waals surface area (Å²) in [6.45, 7) is 0. The van der Waals surface area contributed by atoms with Gasteiger partial charge in [-0.3, -0.25) is 0 Å². The van der Waals surface area contributed by atoms with Gasteiger partial charge in [0.15, 0.2) is 0 Å². The molecule has 0 bridgehead atoms. The molecule has 2 nitrogen and oxygen atoms in total. The number of para-hydroxylation sites is 1. The quantitative estimate of drug-likeness (QED) is 0.141. The van der Waals surface area contributed by atoms with Crippen LogP contribution in [0.5, 0.6) is 0 Å². The number of rotatable bonds is 9. The SMILES string of the molecule is c1ccc(-c2ccc(-c3ccc(N(c4ccc(-c5ccc(-c6ccccc6)cc5)cc4)c4ccc5c6ccc(-c7ccccc7)cc6n(-c6ccccc6)c5c4)cc3)cc2)cc1. The van der Waals surface area contributed by atoms with E-state index in [1.807, 2.05) is 0 Å². The number of benzene rings is 10. The van der Waals surface area contributed by atoms with Crippen molar-refractivity contribution in [1.29, 1.82) is 0 Å². The molecule has 0 fully saturated rings. The van der Waals surface area contributed by atoms with E-state index in [1.54, 1.807) is 0 Å². The van der Waals surface area contributed by atoms with Gasteiger partial charge in [0, 0.05) is 33.5 Å². The maximum Gasteiger partial charge on any atom is 0.0561 e. The van der Waals surface area contributed by atoms with Gasteiger partial charge in [-0.2, -0.15) is 0 Å². The molecule has 0 radical (unpaired) electrons. The Morgan fingerprint density at radius 2 is 0.516 bits per heavy atom. The summed E-state index contributed by atoms with van der Waals surface area (Å²) >= 11 is 0. The van der Waals surface area contributed by atoms with Gasteiger partial charge in [-0.25, -0.2) is 0 Å². The summed E-state index contributed by atoms with van der Waals surface area (Å²) < 4.78 is 2.42. The van der Waals surface area contributed by atoms with E-state index in [0.29, 0.717) is 0 Å². The molecule has 0 unspecified atom stereocenters. The zero-order valence-corrected chi connectivity index (χ0v) is 34.1. The van der Waals surface area contributed by atoms with Crippen LogP contribution in [0.25, 0.3) is 83.1 Å². The maximum atomic E-state index is 2.42. The van der Waals surface area contributed by atoms with Gasteiger partial charge in [0.05, 0.1) is 11.0 Å². The minimum Gasteiger partial charge on any atom is -0.310 e. The van der Waals surface area contributed by atoms with Gasteiger partial charge >= 0.3 is 0 Å². The summed E-state index contributed by atoms with van der Waals surface area (Å²) in [5, 5.41) is 2.45. The topological polar surface area (TPSA) is 8.17 Å². The van der Waals surface area contributed by atoms with Crippen LogP contribution in [0.3, 0.4) is 0 Å². The standard InChI is InChI=1S/C60H42N2/c1-5-13-43(14-6-1)46-21-25-48(26-22-46)50-29-34-54(35-30-50)61(55-36-31-51(32-37-55)49-27-23-47(24-28-49)44-15-7-2-8-16-44)56-38-40-58-57-39-33-52(45-17-9-3-10-18-45)41-59(57)62(60(58)42-56)53-19-11-4-12-20-53/h1-42H. The lowest BCUT2D eigenvalue weighted by molar-refractivity contribution is 1.18. The molecule has 2 heteroatoms. The molecule has 292 valence electrons. The van der Waals surface area contributed by atoms with Crippen molar-refractivity contribution in [1.82, 2.24) is 4.57 Å². The second-order valence-electron chi connectivity index (χ2n) is 15.8. The van der Waals surface area contributed by atoms with E-state index in [-0.39, 0.29) is 0 Å². The number of hydrogen-bond donors (Lipinski definition) is 0. The molecular formula is C60H42N2. The monoisotopic (exact) mass is 790 g/mol. The molecule has 0 spiro atoms. The molecule has 0 N–H and O–H groups in total. The van der Waals surface area contributed by atoms with E-state index in [0.717, 1.165) is 28.3 Å². The lowest BCUT2D eigenvalue weighted by Crippen LogP contribution is -2.10. The minimum atomic E-state index is 1.08. The highest BCUT2D eigenvalue weighted by Crippen LogP contribution is 2.42. The Labute approximate surface area is 362 Å². The molecule has 0 aliphatic carbocycles. The van der Waals surface area contributed by atoms with E-state index in [1.165, 1.54) is 71.9 Å². The predicted octanol–water partition coefficient (Wildman–Crippen LogP) is 16.6. The van der Waals surface area contributed by atoms with Crippen molar-refractivity contribution in [2.75, 3.05) is 4.90 Å². The first kappa shape index (κ1) is 36.8. The van der Waals surface area contributed by atoms with Gasteiger partial charge in [0.2, 0.25) is 0 Å². The molecular weight excluding hydrogens is 749 g/mol. The van der Waals surface area contributed by atoms with Gasteiger partial charge in [-0.1, -0.05) is 200 Å². The van der Waals surface area contributed by atoms with E-state index >= 15 is 0 Å². The van der Waals surface area contributed by atoms with Crippen molar-refractivity contribution in [3.05, 3.63) is 255 Å². The molecule has 0 aliphatic heterocycles. The highest BCUT2D eigenvalue weighted by molar-refractivity contribution is 6.11. The lowest BCUT2D eigenvalue weighted by Gasteiger charge is -2.26. The fraction of sp³-hybridized carbons (Fsp3) is 0. The molecule has 0 amide bonds. The van der Waals surface area contributed by atoms with Gasteiger partial charge in [-0.15, -0.1) is 0 Å². The van der Waals surface area contributed by atoms with Gasteiger partial charge in [0.1, 0.15) is 0 Å². The average molecular weight is 791 g/mol. The van der Waals surface area contributed by atoms with Crippen molar-refractivity contribution in [2.45, 2.75) is 0 Å². The highest BCUT2D eigenvalue weighted by atomic mass is 15.1. The molecule has 62 heavy (non-hydrogen) atoms. The van der Waals surface area contributed by atoms with Crippen LogP contribution in [-0.2, 0) is 0 Å². The van der Waals surface area contributed by atoms with Crippen LogP contribution in [-0.4, -0.2) is 4.57 Å². The summed E-state index contributed by atoms with van der Waals surface area (Å²) in [5.41, 5.74) is 18.7. The van der Waals surface area contributed by atoms with Crippen LogP contribution in [0.1, 0.15) is 0 Å². The maximum absolute atomic E-state index is 2.42. The first-order chi connectivity index (χ1) is 30.7. The number of hydrogen-bond acceptors (Lipinski definition) is 1. The summed E-state index contributed by atoms with van der Waals surface area (Å²) in [6.07, 6.45) is 0. The molecule has 1 aromatic heterocycles. The zero-order chi connectivity index (χ0) is 41.2. The zero-order valence-electron chi connectivity index (χ0n) is 34.1. The molecule has 0 saturated heterocycles. The summed E-state index contributed by atoms with van der Waals surface area (Å²) in [7, 11) is 0. The largest absolute Gasteiger partial charge is 0.310 e. The summed E-state index contributed by atoms with van der Waals surface area (Å²) in [6, 6.07) is 92.0. The Bertz CT molecular complexity index is 3140. The second-order valence-corrected chi connectivity index (χ2v) is 15.8. The Kier molecular flexibility index (Phi) is 9.57. The molecule has 10 aromatic carbocycles. The predicted molar refractivity (Wildman–Crippen MR) is 263 cm³/mol. The molecule has 0 aliphatic rings. The summed E-state index contributed by atoms with van der Waals surface area (Å²) in [5.74, 6) is 0. The van der Waals surface area contributed by atoms with E-state index in [2.05, 4.69) is 264 Å². The van der Waals surface area contributed by atoms with Crippen LogP contribution < -0.4 is 4.90 Å². The van der Waals surface area contributed by atoms with Crippen molar-refractivity contribution < 1.29 is 0 Å². The molecule has 11 rings (SSSR count). The normalized spacial score (nSPS) is 11.2. The summed E-state index contributed by atoms with van der Waals surface area (Å²) in [4.78, 5) is 2.38. The van der Waals surface area contributed by atoms with E-state index in [4.69, 9.17) is 0 Å². The smallest absolute Gasteiger partial charge is 0.0561 e. The number of nitrogens with zero attached hydrogens (tertiary/aromatic N) is 2. The molecule has 1 heterocycles. The van der Waals surface area contributed by atoms with Gasteiger partial charge in [0.25, 0.3) is 0 Å². The lowest BCUT2D eigenvalue weighted by atomic mass is 9.99. The number of fused-ring (bicyclic) bond motifs is 3. The third-order valence-corrected chi connectivity index (χ3v) is 12.0. The van der Waals surface area contributed by atoms with Crippen LogP contribution in [0.2, 0.25) is 0 Å². The first-order valence-corrected chi connectivity index (χ1v) is 21.2. The third kappa shape index (κ3) is 7.04. The van der Waals surface area contributed by atoms with Crippen LogP contribution in [0.4, 0.5) is 17.1 Å². The fourth-order valence-electron chi connectivity index (χ4n) is 8.84. The first-order valence-electron chi connectivity index (χ1n) is 21.2. The average Bonchev–Trinajstić information content (AvgIpc) is 3.69. The number of aromatic nitrogens is 1. The van der Waals surface area contributed by atoms with Crippen molar-refractivity contribution >= 4 is 38.9 Å². The highest BCUT2D eigenvalue weighted by Gasteiger charge is 2.19. The van der Waals surface area contributed by atoms with Crippen molar-refractivity contribution in [2.24, 2.45) is 0 Å². The second kappa shape index (κ2) is 16.1. The van der Waals surface area contributed by atoms with E-state index in [9.17, 15) is 0 Å². The fourth-order valence-corrected chi connectivity index (χ4v) is 8.84. The Morgan fingerprint density at radius 1 is 0.226 bits per heavy atom. The molecule has 11 aromatic rings. The van der Waals surface area contributed by atoms with Crippen LogP contribution in [0, 0.1) is 0 Å². The molecule has 0 atom stereocenters. The third-order valence-electron chi connectivity index (χ3n) is 12.0. The minimum absolute atomic E-state index is 1.08. The van der Waals surface area contributed by atoms with Crippen molar-refractivity contribution in [3.8, 4) is 61.3 Å². The Morgan fingerprint density at radius 3 is 0.935 bits per heavy atom. The Hall–Kier alpha value is -8.20. The van der Waals surface area contributed by atoms with Crippen LogP contribution >= 0.6 is 0 Å². The van der Waals surface area contributed by atoms with Crippen molar-refractivity contribution in [3.63, 3.8) is 0 Å². The number of anilines is 3. The van der Waals surface area contributed by atoms with Gasteiger partial charge in [-0.05, 0) is 110 Å². The Balaban J connectivity index is 1.02. The molecule has 0 saturated carbocycles. The van der Waals surface area contributed by atoms with Crippen LogP contribution in [0.15, 0.2) is 255 Å².